The average Bonchev–Trinajstić information content (AvgIpc) is 2.75. The number of carbonyl (C=O) groups excluding carboxylic acids is 1. The number of ether oxygens (including phenoxy) is 1. The molecule has 138 valence electrons. The van der Waals surface area contributed by atoms with Gasteiger partial charge in [0.1, 0.15) is 12.4 Å². The van der Waals surface area contributed by atoms with Crippen molar-refractivity contribution in [2.45, 2.75) is 12.7 Å². The lowest BCUT2D eigenvalue weighted by molar-refractivity contribution is 0.0765. The fourth-order valence-electron chi connectivity index (χ4n) is 2.74. The summed E-state index contributed by atoms with van der Waals surface area (Å²) < 4.78 is 33.0. The first-order valence-electron chi connectivity index (χ1n) is 8.19. The van der Waals surface area contributed by atoms with Gasteiger partial charge < -0.3 is 9.64 Å². The molecule has 0 aliphatic carbocycles. The molecule has 3 rings (SSSR count). The molecule has 8 heteroatoms. The molecule has 0 fully saturated rings. The summed E-state index contributed by atoms with van der Waals surface area (Å²) in [5, 5.41) is 0.545. The molecule has 1 N–H and O–H groups in total. The standard InChI is InChI=1S/C18H19ClN2O4S/c1-2-21-9-10-25-17-8-7-15(11-16(17)18(21)22)20-26(23,24)12-13-3-5-14(19)6-4-13/h3-8,11,20H,2,9-10,12H2,1H3. The molecule has 0 radical (unpaired) electrons. The van der Waals surface area contributed by atoms with Gasteiger partial charge in [-0.05, 0) is 42.8 Å². The van der Waals surface area contributed by atoms with Crippen molar-refractivity contribution in [2.75, 3.05) is 24.4 Å². The minimum atomic E-state index is -3.63. The zero-order chi connectivity index (χ0) is 18.7. The van der Waals surface area contributed by atoms with E-state index in [9.17, 15) is 13.2 Å². The summed E-state index contributed by atoms with van der Waals surface area (Å²) in [4.78, 5) is 14.2. The molecule has 2 aromatic carbocycles. The molecular weight excluding hydrogens is 376 g/mol. The summed E-state index contributed by atoms with van der Waals surface area (Å²) in [6, 6.07) is 11.3. The van der Waals surface area contributed by atoms with Crippen LogP contribution in [0.1, 0.15) is 22.8 Å². The van der Waals surface area contributed by atoms with Crippen LogP contribution in [0.15, 0.2) is 42.5 Å². The van der Waals surface area contributed by atoms with Crippen molar-refractivity contribution >= 4 is 33.2 Å². The highest BCUT2D eigenvalue weighted by molar-refractivity contribution is 7.91. The molecular formula is C18H19ClN2O4S. The van der Waals surface area contributed by atoms with E-state index >= 15 is 0 Å². The largest absolute Gasteiger partial charge is 0.491 e. The highest BCUT2D eigenvalue weighted by atomic mass is 35.5. The number of rotatable bonds is 5. The predicted octanol–water partition coefficient (Wildman–Crippen LogP) is 3.14. The monoisotopic (exact) mass is 394 g/mol. The lowest BCUT2D eigenvalue weighted by Crippen LogP contribution is -2.32. The van der Waals surface area contributed by atoms with Gasteiger partial charge in [-0.15, -0.1) is 0 Å². The zero-order valence-corrected chi connectivity index (χ0v) is 15.8. The summed E-state index contributed by atoms with van der Waals surface area (Å²) in [7, 11) is -3.63. The number of carbonyl (C=O) groups is 1. The maximum absolute atomic E-state index is 12.6. The quantitative estimate of drug-likeness (QED) is 0.845. The Bertz CT molecular complexity index is 913. The molecule has 0 saturated carbocycles. The Labute approximate surface area is 157 Å². The molecule has 6 nitrogen and oxygen atoms in total. The average molecular weight is 395 g/mol. The Balaban J connectivity index is 1.82. The fraction of sp³-hybridized carbons (Fsp3) is 0.278. The molecule has 1 amide bonds. The van der Waals surface area contributed by atoms with Crippen molar-refractivity contribution in [3.05, 3.63) is 58.6 Å². The maximum atomic E-state index is 12.6. The third kappa shape index (κ3) is 4.28. The number of likely N-dealkylation sites (N-methyl/N-ethyl adjacent to an activating group) is 1. The highest BCUT2D eigenvalue weighted by Crippen LogP contribution is 2.27. The van der Waals surface area contributed by atoms with E-state index < -0.39 is 10.0 Å². The molecule has 0 bridgehead atoms. The zero-order valence-electron chi connectivity index (χ0n) is 14.2. The van der Waals surface area contributed by atoms with Gasteiger partial charge in [-0.1, -0.05) is 23.7 Å². The van der Waals surface area contributed by atoms with Crippen molar-refractivity contribution in [1.82, 2.24) is 4.90 Å². The lowest BCUT2D eigenvalue weighted by atomic mass is 10.1. The van der Waals surface area contributed by atoms with Gasteiger partial charge in [-0.2, -0.15) is 0 Å². The maximum Gasteiger partial charge on any atom is 0.257 e. The summed E-state index contributed by atoms with van der Waals surface area (Å²) in [6.45, 7) is 3.37. The van der Waals surface area contributed by atoms with Crippen LogP contribution in [0.3, 0.4) is 0 Å². The number of halogens is 1. The Hall–Kier alpha value is -2.25. The molecule has 1 heterocycles. The smallest absolute Gasteiger partial charge is 0.257 e. The Morgan fingerprint density at radius 1 is 1.19 bits per heavy atom. The van der Waals surface area contributed by atoms with E-state index in [4.69, 9.17) is 16.3 Å². The van der Waals surface area contributed by atoms with Crippen molar-refractivity contribution in [2.24, 2.45) is 0 Å². The summed E-state index contributed by atoms with van der Waals surface area (Å²) in [6.07, 6.45) is 0. The summed E-state index contributed by atoms with van der Waals surface area (Å²) in [5.41, 5.74) is 1.30. The summed E-state index contributed by atoms with van der Waals surface area (Å²) in [5.74, 6) is 0.109. The minimum absolute atomic E-state index is 0.168. The van der Waals surface area contributed by atoms with Crippen LogP contribution in [-0.4, -0.2) is 38.9 Å². The normalized spacial score (nSPS) is 14.4. The third-order valence-corrected chi connectivity index (χ3v) is 5.55. The number of hydrogen-bond acceptors (Lipinski definition) is 4. The molecule has 0 saturated heterocycles. The first-order chi connectivity index (χ1) is 12.4. The number of amides is 1. The number of hydrogen-bond donors (Lipinski definition) is 1. The Morgan fingerprint density at radius 3 is 2.62 bits per heavy atom. The van der Waals surface area contributed by atoms with E-state index in [1.165, 1.54) is 6.07 Å². The van der Waals surface area contributed by atoms with Crippen LogP contribution in [-0.2, 0) is 15.8 Å². The van der Waals surface area contributed by atoms with E-state index in [1.54, 1.807) is 41.3 Å². The van der Waals surface area contributed by atoms with Gasteiger partial charge in [0.2, 0.25) is 10.0 Å². The number of anilines is 1. The second kappa shape index (κ2) is 7.55. The first kappa shape index (κ1) is 18.5. The van der Waals surface area contributed by atoms with Crippen LogP contribution in [0.4, 0.5) is 5.69 Å². The Kier molecular flexibility index (Phi) is 5.38. The van der Waals surface area contributed by atoms with E-state index in [0.717, 1.165) is 0 Å². The van der Waals surface area contributed by atoms with E-state index in [1.807, 2.05) is 6.92 Å². The van der Waals surface area contributed by atoms with E-state index in [0.29, 0.717) is 47.3 Å². The minimum Gasteiger partial charge on any atom is -0.491 e. The van der Waals surface area contributed by atoms with Gasteiger partial charge in [0, 0.05) is 17.3 Å². The van der Waals surface area contributed by atoms with Gasteiger partial charge in [0.15, 0.2) is 0 Å². The van der Waals surface area contributed by atoms with Crippen LogP contribution in [0, 0.1) is 0 Å². The second-order valence-electron chi connectivity index (χ2n) is 5.93. The van der Waals surface area contributed by atoms with Gasteiger partial charge in [-0.25, -0.2) is 8.42 Å². The van der Waals surface area contributed by atoms with Gasteiger partial charge in [0.05, 0.1) is 17.9 Å². The molecule has 1 aliphatic heterocycles. The number of sulfonamides is 1. The molecule has 0 aromatic heterocycles. The lowest BCUT2D eigenvalue weighted by Gasteiger charge is -2.17. The topological polar surface area (TPSA) is 75.7 Å². The van der Waals surface area contributed by atoms with Gasteiger partial charge in [0.25, 0.3) is 5.91 Å². The van der Waals surface area contributed by atoms with Gasteiger partial charge >= 0.3 is 0 Å². The second-order valence-corrected chi connectivity index (χ2v) is 8.09. The van der Waals surface area contributed by atoms with Crippen molar-refractivity contribution in [3.63, 3.8) is 0 Å². The van der Waals surface area contributed by atoms with E-state index in [2.05, 4.69) is 4.72 Å². The molecule has 2 aromatic rings. The van der Waals surface area contributed by atoms with Crippen molar-refractivity contribution < 1.29 is 17.9 Å². The molecule has 0 atom stereocenters. The van der Waals surface area contributed by atoms with Crippen LogP contribution in [0.2, 0.25) is 5.02 Å². The molecule has 0 spiro atoms. The number of nitrogens with zero attached hydrogens (tertiary/aromatic N) is 1. The Morgan fingerprint density at radius 2 is 1.92 bits per heavy atom. The SMILES string of the molecule is CCN1CCOc2ccc(NS(=O)(=O)Cc3ccc(Cl)cc3)cc2C1=O. The van der Waals surface area contributed by atoms with Crippen molar-refractivity contribution in [1.29, 1.82) is 0 Å². The third-order valence-electron chi connectivity index (χ3n) is 4.04. The highest BCUT2D eigenvalue weighted by Gasteiger charge is 2.23. The molecule has 26 heavy (non-hydrogen) atoms. The first-order valence-corrected chi connectivity index (χ1v) is 10.2. The molecule has 1 aliphatic rings. The summed E-state index contributed by atoms with van der Waals surface area (Å²) >= 11 is 5.82. The number of nitrogens with one attached hydrogen (secondary N) is 1. The molecule has 0 unspecified atom stereocenters. The van der Waals surface area contributed by atoms with E-state index in [-0.39, 0.29) is 11.7 Å². The van der Waals surface area contributed by atoms with Crippen LogP contribution in [0.5, 0.6) is 5.75 Å². The van der Waals surface area contributed by atoms with Crippen LogP contribution < -0.4 is 9.46 Å². The van der Waals surface area contributed by atoms with Crippen molar-refractivity contribution in [3.8, 4) is 5.75 Å². The fourth-order valence-corrected chi connectivity index (χ4v) is 4.06. The van der Waals surface area contributed by atoms with Crippen LogP contribution in [0.25, 0.3) is 0 Å². The van der Waals surface area contributed by atoms with Gasteiger partial charge in [-0.3, -0.25) is 9.52 Å². The number of benzene rings is 2. The van der Waals surface area contributed by atoms with Crippen LogP contribution >= 0.6 is 11.6 Å². The predicted molar refractivity (Wildman–Crippen MR) is 101 cm³/mol. The number of fused-ring (bicyclic) bond motifs is 1.